The number of likely N-dealkylation sites (N-methyl/N-ethyl adjacent to an activating group) is 1. The van der Waals surface area contributed by atoms with Crippen LogP contribution in [-0.4, -0.2) is 51.1 Å². The molecule has 4 rings (SSSR count). The number of nitrogens with zero attached hydrogens (tertiary/aromatic N) is 2. The third-order valence-electron chi connectivity index (χ3n) is 6.62. The monoisotopic (exact) mass is 421 g/mol. The van der Waals surface area contributed by atoms with Crippen LogP contribution in [0.3, 0.4) is 0 Å². The Kier molecular flexibility index (Phi) is 6.56. The molecule has 6 heteroatoms. The van der Waals surface area contributed by atoms with Crippen LogP contribution in [0.5, 0.6) is 0 Å². The van der Waals surface area contributed by atoms with Crippen LogP contribution < -0.4 is 20.0 Å². The summed E-state index contributed by atoms with van der Waals surface area (Å²) in [5.74, 6) is -0.412. The molecule has 2 fully saturated rings. The summed E-state index contributed by atoms with van der Waals surface area (Å²) in [7, 11) is 0. The number of hydrogen-bond donors (Lipinski definition) is 2. The van der Waals surface area contributed by atoms with Crippen LogP contribution in [0.2, 0.25) is 0 Å². The minimum atomic E-state index is -0.330. The second kappa shape index (κ2) is 9.52. The van der Waals surface area contributed by atoms with E-state index >= 15 is 0 Å². The zero-order valence-corrected chi connectivity index (χ0v) is 18.6. The first kappa shape index (κ1) is 21.4. The van der Waals surface area contributed by atoms with Crippen molar-refractivity contribution in [3.63, 3.8) is 0 Å². The maximum absolute atomic E-state index is 12.8. The highest BCUT2D eigenvalue weighted by Gasteiger charge is 2.35. The molecule has 0 bridgehead atoms. The quantitative estimate of drug-likeness (QED) is 0.750. The number of anilines is 3. The first-order valence-electron chi connectivity index (χ1n) is 11.5. The first-order chi connectivity index (χ1) is 15.1. The van der Waals surface area contributed by atoms with Crippen molar-refractivity contribution in [1.82, 2.24) is 0 Å². The van der Waals surface area contributed by atoms with Gasteiger partial charge in [-0.3, -0.25) is 9.59 Å². The third-order valence-corrected chi connectivity index (χ3v) is 6.62. The number of aryl methyl sites for hydroxylation is 1. The van der Waals surface area contributed by atoms with Crippen LogP contribution in [0.1, 0.15) is 25.8 Å². The Bertz CT molecular complexity index is 902. The number of carbonyl (C=O) groups is 2. The summed E-state index contributed by atoms with van der Waals surface area (Å²) in [5, 5.41) is 3.00. The number of hydrogen-bond acceptors (Lipinski definition) is 3. The maximum Gasteiger partial charge on any atom is 0.229 e. The number of nitrogens with one attached hydrogen (secondary N) is 2. The first-order valence-corrected chi connectivity index (χ1v) is 11.5. The normalized spacial score (nSPS) is 19.7. The summed E-state index contributed by atoms with van der Waals surface area (Å²) < 4.78 is 0. The fourth-order valence-electron chi connectivity index (χ4n) is 4.48. The Hall–Kier alpha value is -2.86. The zero-order valence-electron chi connectivity index (χ0n) is 18.6. The maximum atomic E-state index is 12.8. The highest BCUT2D eigenvalue weighted by Crippen LogP contribution is 2.27. The third kappa shape index (κ3) is 4.90. The van der Waals surface area contributed by atoms with Gasteiger partial charge in [0, 0.05) is 30.0 Å². The molecule has 0 radical (unpaired) electrons. The average molecular weight is 422 g/mol. The minimum absolute atomic E-state index is 0.00750. The molecule has 2 N–H and O–H groups in total. The summed E-state index contributed by atoms with van der Waals surface area (Å²) in [6.07, 6.45) is 1.22. The number of amides is 2. The van der Waals surface area contributed by atoms with Crippen molar-refractivity contribution >= 4 is 28.9 Å². The molecule has 6 nitrogen and oxygen atoms in total. The lowest BCUT2D eigenvalue weighted by atomic mass is 10.1. The van der Waals surface area contributed by atoms with Crippen molar-refractivity contribution in [2.24, 2.45) is 5.92 Å². The van der Waals surface area contributed by atoms with Crippen molar-refractivity contribution in [1.29, 1.82) is 0 Å². The van der Waals surface area contributed by atoms with Gasteiger partial charge in [-0.25, -0.2) is 0 Å². The summed E-state index contributed by atoms with van der Waals surface area (Å²) >= 11 is 0. The van der Waals surface area contributed by atoms with Gasteiger partial charge >= 0.3 is 0 Å². The van der Waals surface area contributed by atoms with Crippen LogP contribution in [0.15, 0.2) is 48.5 Å². The standard InChI is InChI=1S/C25H32N4O2/c1-3-19-5-9-23(10-6-19)29-18-20(17-24(29)30)25(31)26-21-7-11-22(12-8-21)28-15-13-27(4-2)14-16-28/h5-12,20H,3-4,13-18H2,1-2H3,(H,26,31)/p+1/t20-/m0/s1. The zero-order chi connectivity index (χ0) is 21.8. The summed E-state index contributed by atoms with van der Waals surface area (Å²) in [5.41, 5.74) is 4.09. The number of benzene rings is 2. The van der Waals surface area contributed by atoms with Gasteiger partial charge in [0.1, 0.15) is 0 Å². The van der Waals surface area contributed by atoms with E-state index in [0.29, 0.717) is 6.54 Å². The number of piperazine rings is 1. The van der Waals surface area contributed by atoms with Gasteiger partial charge in [-0.1, -0.05) is 19.1 Å². The smallest absolute Gasteiger partial charge is 0.229 e. The van der Waals surface area contributed by atoms with Gasteiger partial charge in [-0.05, 0) is 55.3 Å². The van der Waals surface area contributed by atoms with Crippen molar-refractivity contribution in [3.8, 4) is 0 Å². The molecule has 2 aliphatic rings. The topological polar surface area (TPSA) is 57.1 Å². The van der Waals surface area contributed by atoms with E-state index in [1.807, 2.05) is 36.4 Å². The molecule has 164 valence electrons. The second-order valence-electron chi connectivity index (χ2n) is 8.55. The van der Waals surface area contributed by atoms with Gasteiger partial charge in [0.05, 0.1) is 38.6 Å². The number of rotatable bonds is 6. The number of carbonyl (C=O) groups excluding carboxylic acids is 2. The fraction of sp³-hybridized carbons (Fsp3) is 0.440. The number of quaternary nitrogens is 1. The molecule has 2 heterocycles. The van der Waals surface area contributed by atoms with Gasteiger partial charge in [-0.2, -0.15) is 0 Å². The molecular weight excluding hydrogens is 388 g/mol. The Morgan fingerprint density at radius 3 is 2.26 bits per heavy atom. The van der Waals surface area contributed by atoms with Crippen LogP contribution in [-0.2, 0) is 16.0 Å². The summed E-state index contributed by atoms with van der Waals surface area (Å²) in [6.45, 7) is 10.4. The fourth-order valence-corrected chi connectivity index (χ4v) is 4.48. The van der Waals surface area contributed by atoms with Crippen LogP contribution in [0.4, 0.5) is 17.1 Å². The predicted molar refractivity (Wildman–Crippen MR) is 125 cm³/mol. The summed E-state index contributed by atoms with van der Waals surface area (Å²) in [6, 6.07) is 16.1. The molecule has 0 aromatic heterocycles. The van der Waals surface area contributed by atoms with Crippen LogP contribution in [0.25, 0.3) is 0 Å². The van der Waals surface area contributed by atoms with E-state index in [9.17, 15) is 9.59 Å². The average Bonchev–Trinajstić information content (AvgIpc) is 3.21. The van der Waals surface area contributed by atoms with E-state index in [2.05, 4.69) is 36.2 Å². The van der Waals surface area contributed by atoms with E-state index < -0.39 is 0 Å². The second-order valence-corrected chi connectivity index (χ2v) is 8.55. The van der Waals surface area contributed by atoms with Gasteiger partial charge in [-0.15, -0.1) is 0 Å². The van der Waals surface area contributed by atoms with E-state index in [1.54, 1.807) is 9.80 Å². The highest BCUT2D eigenvalue weighted by molar-refractivity contribution is 6.03. The van der Waals surface area contributed by atoms with Gasteiger partial charge < -0.3 is 20.0 Å². The lowest BCUT2D eigenvalue weighted by Crippen LogP contribution is -3.14. The van der Waals surface area contributed by atoms with Crippen molar-refractivity contribution < 1.29 is 14.5 Å². The molecular formula is C25H33N4O2+. The molecule has 2 aliphatic heterocycles. The molecule has 2 amide bonds. The van der Waals surface area contributed by atoms with E-state index in [1.165, 1.54) is 30.9 Å². The van der Waals surface area contributed by atoms with E-state index in [0.717, 1.165) is 30.9 Å². The largest absolute Gasteiger partial charge is 0.360 e. The molecule has 2 saturated heterocycles. The lowest BCUT2D eigenvalue weighted by molar-refractivity contribution is -0.898. The lowest BCUT2D eigenvalue weighted by Gasteiger charge is -2.33. The Balaban J connectivity index is 1.33. The van der Waals surface area contributed by atoms with Crippen molar-refractivity contribution in [2.75, 3.05) is 54.4 Å². The molecule has 0 unspecified atom stereocenters. The molecule has 31 heavy (non-hydrogen) atoms. The van der Waals surface area contributed by atoms with Crippen molar-refractivity contribution in [2.45, 2.75) is 26.7 Å². The molecule has 0 saturated carbocycles. The Morgan fingerprint density at radius 1 is 1.00 bits per heavy atom. The molecule has 2 aromatic carbocycles. The summed E-state index contributed by atoms with van der Waals surface area (Å²) in [4.78, 5) is 31.1. The SMILES string of the molecule is CCc1ccc(N2C[C@@H](C(=O)Nc3ccc(N4CC[NH+](CC)CC4)cc3)CC2=O)cc1. The predicted octanol–water partition coefficient (Wildman–Crippen LogP) is 1.97. The molecule has 2 aromatic rings. The minimum Gasteiger partial charge on any atom is -0.360 e. The van der Waals surface area contributed by atoms with Gasteiger partial charge in [0.15, 0.2) is 0 Å². The Labute approximate surface area is 184 Å². The van der Waals surface area contributed by atoms with E-state index in [4.69, 9.17) is 0 Å². The van der Waals surface area contributed by atoms with Crippen molar-refractivity contribution in [3.05, 3.63) is 54.1 Å². The van der Waals surface area contributed by atoms with E-state index in [-0.39, 0.29) is 24.2 Å². The van der Waals surface area contributed by atoms with Gasteiger partial charge in [0.25, 0.3) is 0 Å². The van der Waals surface area contributed by atoms with Gasteiger partial charge in [0.2, 0.25) is 11.8 Å². The Morgan fingerprint density at radius 2 is 1.65 bits per heavy atom. The molecule has 0 spiro atoms. The molecule has 0 aliphatic carbocycles. The highest BCUT2D eigenvalue weighted by atomic mass is 16.2. The van der Waals surface area contributed by atoms with Crippen LogP contribution in [0, 0.1) is 5.92 Å². The molecule has 1 atom stereocenters. The van der Waals surface area contributed by atoms with Crippen LogP contribution >= 0.6 is 0 Å².